The Hall–Kier alpha value is -0.740. The Kier molecular flexibility index (Phi) is 1.51. The minimum atomic E-state index is -0.563. The molecular formula is C7H13N3O. The van der Waals surface area contributed by atoms with Crippen molar-refractivity contribution in [2.45, 2.75) is 12.8 Å². The highest BCUT2D eigenvalue weighted by Crippen LogP contribution is 2.16. The molecule has 0 radical (unpaired) electrons. The third-order valence-electron chi connectivity index (χ3n) is 2.16. The van der Waals surface area contributed by atoms with Gasteiger partial charge in [0, 0.05) is 30.9 Å². The van der Waals surface area contributed by atoms with Gasteiger partial charge in [0.15, 0.2) is 0 Å². The monoisotopic (exact) mass is 155 g/mol. The maximum Gasteiger partial charge on any atom is 0.202 e. The first-order valence-electron chi connectivity index (χ1n) is 3.87. The quantitative estimate of drug-likeness (QED) is 0.420. The van der Waals surface area contributed by atoms with Crippen LogP contribution in [0.4, 0.5) is 0 Å². The van der Waals surface area contributed by atoms with Crippen LogP contribution in [0.3, 0.4) is 0 Å². The molecule has 3 N–H and O–H groups in total. The molecule has 0 aromatic carbocycles. The fraction of sp³-hybridized carbons (Fsp3) is 0.714. The van der Waals surface area contributed by atoms with Crippen LogP contribution in [-0.2, 0) is 0 Å². The number of hydrogen-bond donors (Lipinski definition) is 3. The van der Waals surface area contributed by atoms with E-state index in [1.54, 1.807) is 0 Å². The zero-order valence-corrected chi connectivity index (χ0v) is 6.59. The van der Waals surface area contributed by atoms with E-state index in [0.717, 1.165) is 25.2 Å². The predicted octanol–water partition coefficient (Wildman–Crippen LogP) is -0.998. The molecule has 0 aromatic heterocycles. The number of nitrogens with one attached hydrogen (secondary N) is 2. The largest absolute Gasteiger partial charge is 0.357 e. The molecule has 2 rings (SSSR count). The molecule has 0 amide bonds. The highest BCUT2D eigenvalue weighted by Gasteiger charge is 2.24. The summed E-state index contributed by atoms with van der Waals surface area (Å²) in [7, 11) is 2.08. The van der Waals surface area contributed by atoms with E-state index in [1.807, 2.05) is 0 Å². The molecule has 62 valence electrons. The third-order valence-corrected chi connectivity index (χ3v) is 2.16. The predicted molar refractivity (Wildman–Crippen MR) is 41.4 cm³/mol. The lowest BCUT2D eigenvalue weighted by Crippen LogP contribution is -2.33. The summed E-state index contributed by atoms with van der Waals surface area (Å²) in [6.45, 7) is 1.99. The molecule has 0 aliphatic carbocycles. The van der Waals surface area contributed by atoms with Gasteiger partial charge in [-0.15, -0.1) is 0 Å². The number of aliphatic hydroxyl groups excluding tert-OH is 1. The van der Waals surface area contributed by atoms with Crippen LogP contribution in [0.25, 0.3) is 0 Å². The first-order valence-corrected chi connectivity index (χ1v) is 3.87. The summed E-state index contributed by atoms with van der Waals surface area (Å²) < 4.78 is 0. The highest BCUT2D eigenvalue weighted by molar-refractivity contribution is 5.20. The van der Waals surface area contributed by atoms with Crippen molar-refractivity contribution in [2.75, 3.05) is 20.1 Å². The summed E-state index contributed by atoms with van der Waals surface area (Å²) in [5.41, 5.74) is 2.32. The van der Waals surface area contributed by atoms with Gasteiger partial charge in [0.25, 0.3) is 0 Å². The van der Waals surface area contributed by atoms with E-state index < -0.39 is 6.35 Å². The Labute approximate surface area is 65.9 Å². The van der Waals surface area contributed by atoms with Gasteiger partial charge in [0.1, 0.15) is 0 Å². The summed E-state index contributed by atoms with van der Waals surface area (Å²) in [5.74, 6) is 0. The van der Waals surface area contributed by atoms with Gasteiger partial charge < -0.3 is 20.6 Å². The molecule has 0 aromatic rings. The van der Waals surface area contributed by atoms with Crippen LogP contribution < -0.4 is 10.6 Å². The molecule has 0 spiro atoms. The smallest absolute Gasteiger partial charge is 0.202 e. The first-order chi connectivity index (χ1) is 5.25. The Morgan fingerprint density at radius 3 is 3.00 bits per heavy atom. The minimum Gasteiger partial charge on any atom is -0.357 e. The van der Waals surface area contributed by atoms with Crippen molar-refractivity contribution < 1.29 is 5.11 Å². The molecule has 0 bridgehead atoms. The number of hydrogen-bond acceptors (Lipinski definition) is 4. The number of nitrogens with zero attached hydrogens (tertiary/aromatic N) is 1. The van der Waals surface area contributed by atoms with Gasteiger partial charge in [0.05, 0.1) is 0 Å². The molecular weight excluding hydrogens is 142 g/mol. The van der Waals surface area contributed by atoms with Crippen molar-refractivity contribution >= 4 is 0 Å². The fourth-order valence-corrected chi connectivity index (χ4v) is 1.56. The topological polar surface area (TPSA) is 47.5 Å². The number of likely N-dealkylation sites (N-methyl/N-ethyl adjacent to an activating group) is 1. The molecule has 4 heteroatoms. The van der Waals surface area contributed by atoms with E-state index in [2.05, 4.69) is 22.6 Å². The second-order valence-corrected chi connectivity index (χ2v) is 3.14. The summed E-state index contributed by atoms with van der Waals surface area (Å²) in [4.78, 5) is 2.23. The van der Waals surface area contributed by atoms with Gasteiger partial charge in [0.2, 0.25) is 6.35 Å². The van der Waals surface area contributed by atoms with Crippen LogP contribution >= 0.6 is 0 Å². The Morgan fingerprint density at radius 1 is 1.45 bits per heavy atom. The summed E-state index contributed by atoms with van der Waals surface area (Å²) in [6, 6.07) is 0. The molecule has 2 aliphatic rings. The van der Waals surface area contributed by atoms with Crippen molar-refractivity contribution in [1.82, 2.24) is 15.5 Å². The molecule has 4 nitrogen and oxygen atoms in total. The average Bonchev–Trinajstić information content (AvgIpc) is 2.27. The first kappa shape index (κ1) is 6.94. The van der Waals surface area contributed by atoms with Gasteiger partial charge in [-0.05, 0) is 7.05 Å². The average molecular weight is 155 g/mol. The Bertz CT molecular complexity index is 202. The van der Waals surface area contributed by atoms with Crippen LogP contribution in [0, 0.1) is 0 Å². The minimum absolute atomic E-state index is 0.563. The van der Waals surface area contributed by atoms with Gasteiger partial charge in [-0.3, -0.25) is 0 Å². The molecule has 1 atom stereocenters. The van der Waals surface area contributed by atoms with Crippen molar-refractivity contribution in [3.8, 4) is 0 Å². The molecule has 11 heavy (non-hydrogen) atoms. The van der Waals surface area contributed by atoms with E-state index in [9.17, 15) is 0 Å². The normalized spacial score (nSPS) is 31.3. The zero-order chi connectivity index (χ0) is 7.84. The van der Waals surface area contributed by atoms with E-state index in [0.29, 0.717) is 0 Å². The third kappa shape index (κ3) is 1.19. The van der Waals surface area contributed by atoms with E-state index >= 15 is 0 Å². The SMILES string of the molecule is CN1CCC2=C(C1)NC(O)N2. The van der Waals surface area contributed by atoms with Crippen LogP contribution in [0.5, 0.6) is 0 Å². The molecule has 2 aliphatic heterocycles. The summed E-state index contributed by atoms with van der Waals surface area (Å²) >= 11 is 0. The zero-order valence-electron chi connectivity index (χ0n) is 6.59. The van der Waals surface area contributed by atoms with Crippen molar-refractivity contribution in [1.29, 1.82) is 0 Å². The van der Waals surface area contributed by atoms with Crippen LogP contribution in [0.15, 0.2) is 11.4 Å². The van der Waals surface area contributed by atoms with E-state index in [1.165, 1.54) is 5.70 Å². The van der Waals surface area contributed by atoms with Crippen LogP contribution in [-0.4, -0.2) is 36.5 Å². The van der Waals surface area contributed by atoms with Crippen LogP contribution in [0.2, 0.25) is 0 Å². The Balaban J connectivity index is 2.10. The lowest BCUT2D eigenvalue weighted by atomic mass is 10.2. The fourth-order valence-electron chi connectivity index (χ4n) is 1.56. The van der Waals surface area contributed by atoms with Crippen molar-refractivity contribution in [3.05, 3.63) is 11.4 Å². The second-order valence-electron chi connectivity index (χ2n) is 3.14. The summed E-state index contributed by atoms with van der Waals surface area (Å²) in [5, 5.41) is 15.1. The lowest BCUT2D eigenvalue weighted by Gasteiger charge is -2.22. The lowest BCUT2D eigenvalue weighted by molar-refractivity contribution is 0.138. The van der Waals surface area contributed by atoms with Crippen molar-refractivity contribution in [2.24, 2.45) is 0 Å². The highest BCUT2D eigenvalue weighted by atomic mass is 16.3. The standard InChI is InChI=1S/C7H13N3O/c1-10-3-2-5-6(4-10)9-7(11)8-5/h7-9,11H,2-4H2,1H3. The van der Waals surface area contributed by atoms with E-state index in [-0.39, 0.29) is 0 Å². The summed E-state index contributed by atoms with van der Waals surface area (Å²) in [6.07, 6.45) is 0.446. The molecule has 1 unspecified atom stereocenters. The van der Waals surface area contributed by atoms with Crippen LogP contribution in [0.1, 0.15) is 6.42 Å². The van der Waals surface area contributed by atoms with E-state index in [4.69, 9.17) is 5.11 Å². The number of aliphatic hydroxyl groups is 1. The molecule has 0 saturated carbocycles. The van der Waals surface area contributed by atoms with Gasteiger partial charge in [-0.1, -0.05) is 0 Å². The van der Waals surface area contributed by atoms with Crippen molar-refractivity contribution in [3.63, 3.8) is 0 Å². The number of rotatable bonds is 0. The molecule has 2 heterocycles. The van der Waals surface area contributed by atoms with Gasteiger partial charge in [-0.25, -0.2) is 0 Å². The molecule has 0 fully saturated rings. The Morgan fingerprint density at radius 2 is 2.18 bits per heavy atom. The van der Waals surface area contributed by atoms with Gasteiger partial charge in [-0.2, -0.15) is 0 Å². The molecule has 0 saturated heterocycles. The maximum absolute atomic E-state index is 9.16. The maximum atomic E-state index is 9.16. The second kappa shape index (κ2) is 2.39. The van der Waals surface area contributed by atoms with Gasteiger partial charge >= 0.3 is 0 Å².